The topological polar surface area (TPSA) is 234 Å². The lowest BCUT2D eigenvalue weighted by Crippen LogP contribution is -2.63. The molecule has 19 heteroatoms. The lowest BCUT2D eigenvalue weighted by Gasteiger charge is -2.50. The summed E-state index contributed by atoms with van der Waals surface area (Å²) in [5.41, 5.74) is 3.45. The number of carbonyl (C=O) groups excluding carboxylic acids is 5. The molecule has 5 atom stereocenters. The molecule has 6 N–H and O–H groups in total. The van der Waals surface area contributed by atoms with Gasteiger partial charge in [0.25, 0.3) is 5.91 Å². The number of nitrogens with zero attached hydrogens (tertiary/aromatic N) is 4. The van der Waals surface area contributed by atoms with Gasteiger partial charge in [-0.25, -0.2) is 9.18 Å². The van der Waals surface area contributed by atoms with E-state index in [0.29, 0.717) is 53.4 Å². The Labute approximate surface area is 403 Å². The maximum atomic E-state index is 15.3. The van der Waals surface area contributed by atoms with Gasteiger partial charge in [-0.3, -0.25) is 28.9 Å². The van der Waals surface area contributed by atoms with Crippen molar-refractivity contribution in [1.29, 1.82) is 0 Å². The Balaban J connectivity index is 0.813. The zero-order valence-electron chi connectivity index (χ0n) is 39.7. The fraction of sp³-hybridized carbons (Fsp3) is 0.520. The van der Waals surface area contributed by atoms with Gasteiger partial charge in [0.1, 0.15) is 34.2 Å². The number of ether oxygens (including phenoxy) is 2. The number of rotatable bonds is 17. The number of pyridine rings is 1. The molecule has 2 aromatic carbocycles. The number of allylic oxidation sites excluding steroid dienone is 1. The summed E-state index contributed by atoms with van der Waals surface area (Å²) in [6.45, 7) is 4.93. The molecular weight excluding hydrogens is 912 g/mol. The average molecular weight is 973 g/mol. The molecule has 1 fully saturated rings. The largest absolute Gasteiger partial charge is 0.510 e. The highest BCUT2D eigenvalue weighted by Crippen LogP contribution is 2.53. The van der Waals surface area contributed by atoms with Crippen molar-refractivity contribution in [2.45, 2.75) is 99.6 Å². The number of anilines is 2. The van der Waals surface area contributed by atoms with Crippen LogP contribution in [0.25, 0.3) is 10.9 Å². The van der Waals surface area contributed by atoms with Crippen LogP contribution in [0.4, 0.5) is 15.8 Å². The number of nitrogens with one attached hydrogen (secondary N) is 1. The second kappa shape index (κ2) is 19.9. The number of amides is 1. The summed E-state index contributed by atoms with van der Waals surface area (Å²) >= 11 is 1.42. The monoisotopic (exact) mass is 972 g/mol. The second-order valence-corrected chi connectivity index (χ2v) is 20.4. The number of fused-ring (bicyclic) bond motifs is 6. The predicted molar refractivity (Wildman–Crippen MR) is 258 cm³/mol. The summed E-state index contributed by atoms with van der Waals surface area (Å²) in [6.07, 6.45) is 6.63. The molecule has 3 heterocycles. The smallest absolute Gasteiger partial charge is 0.344 e. The zero-order valence-corrected chi connectivity index (χ0v) is 40.5. The number of piperazine rings is 1. The number of Topliss-reactive ketones (excluding diaryl/α,β-unsaturated/α-hetero) is 2. The van der Waals surface area contributed by atoms with E-state index in [9.17, 15) is 44.1 Å². The van der Waals surface area contributed by atoms with Gasteiger partial charge in [0.2, 0.25) is 11.2 Å². The third kappa shape index (κ3) is 8.91. The Morgan fingerprint density at radius 1 is 0.971 bits per heavy atom. The van der Waals surface area contributed by atoms with E-state index >= 15 is 4.39 Å². The van der Waals surface area contributed by atoms with Crippen LogP contribution in [0.1, 0.15) is 103 Å². The summed E-state index contributed by atoms with van der Waals surface area (Å²) < 4.78 is 28.6. The number of aliphatic hydroxyl groups excluding tert-OH is 2. The van der Waals surface area contributed by atoms with Crippen LogP contribution in [0.2, 0.25) is 0 Å². The van der Waals surface area contributed by atoms with Gasteiger partial charge < -0.3 is 50.2 Å². The van der Waals surface area contributed by atoms with Gasteiger partial charge >= 0.3 is 11.9 Å². The molecule has 69 heavy (non-hydrogen) atoms. The number of thioether (sulfide) groups is 1. The second-order valence-electron chi connectivity index (χ2n) is 19.1. The fourth-order valence-electron chi connectivity index (χ4n) is 10.9. The molecule has 3 aliphatic carbocycles. The number of benzene rings is 2. The standard InChI is InChI=1S/C50H61FN6O11S/c1-26-57-33-25-34(56-19-17-53-18-20-56)31(51)24-29(33)42(59)40(48(57)69-26)49(65)67-21-13-11-9-7-6-8-10-12-14-36(58)68-35-16-15-32(54(2)3)28-22-27-23-30-41(55(4)5)44(61)39(47(52)64)46(63)50(30,66)45(62)37(27)43(60)38(28)35/h15-16,24-27,30,41,53,61-62,66H,6-14,17-23H2,1-5H3,(H2,52,64)/t26?,27-,30-,41-,50-/m1/s1. The van der Waals surface area contributed by atoms with Gasteiger partial charge in [0.05, 0.1) is 39.8 Å². The summed E-state index contributed by atoms with van der Waals surface area (Å²) in [7, 11) is 6.78. The van der Waals surface area contributed by atoms with Crippen LogP contribution in [-0.2, 0) is 25.5 Å². The Kier molecular flexibility index (Phi) is 14.3. The molecule has 370 valence electrons. The van der Waals surface area contributed by atoms with E-state index in [2.05, 4.69) is 5.32 Å². The normalized spacial score (nSPS) is 23.0. The molecule has 0 spiro atoms. The van der Waals surface area contributed by atoms with Gasteiger partial charge in [-0.05, 0) is 82.4 Å². The van der Waals surface area contributed by atoms with E-state index in [1.807, 2.05) is 21.3 Å². The Bertz CT molecular complexity index is 2750. The number of likely N-dealkylation sites (N-methyl/N-ethyl adjacent to an activating group) is 1. The van der Waals surface area contributed by atoms with Crippen molar-refractivity contribution >= 4 is 63.5 Å². The molecule has 5 aliphatic rings. The molecule has 1 aromatic heterocycles. The van der Waals surface area contributed by atoms with E-state index in [0.717, 1.165) is 51.6 Å². The maximum Gasteiger partial charge on any atom is 0.344 e. The van der Waals surface area contributed by atoms with Crippen LogP contribution in [0.3, 0.4) is 0 Å². The highest BCUT2D eigenvalue weighted by Gasteiger charge is 2.63. The Morgan fingerprint density at radius 3 is 2.28 bits per heavy atom. The summed E-state index contributed by atoms with van der Waals surface area (Å²) in [4.78, 5) is 85.9. The lowest BCUT2D eigenvalue weighted by molar-refractivity contribution is -0.148. The minimum atomic E-state index is -2.72. The van der Waals surface area contributed by atoms with Crippen LogP contribution in [0.15, 0.2) is 56.8 Å². The van der Waals surface area contributed by atoms with Crippen LogP contribution >= 0.6 is 11.8 Å². The van der Waals surface area contributed by atoms with E-state index in [1.54, 1.807) is 40.3 Å². The van der Waals surface area contributed by atoms with Crippen molar-refractivity contribution in [3.63, 3.8) is 0 Å². The maximum absolute atomic E-state index is 15.3. The van der Waals surface area contributed by atoms with Gasteiger partial charge in [0.15, 0.2) is 11.4 Å². The Hall–Kier alpha value is -5.76. The number of aromatic nitrogens is 1. The quantitative estimate of drug-likeness (QED) is 0.0504. The molecule has 1 saturated heterocycles. The first-order valence-electron chi connectivity index (χ1n) is 23.8. The molecule has 1 amide bonds. The number of halogens is 1. The highest BCUT2D eigenvalue weighted by atomic mass is 32.2. The number of nitrogens with two attached hydrogens (primary N) is 1. The van der Waals surface area contributed by atoms with Crippen LogP contribution < -0.4 is 31.0 Å². The molecule has 3 aromatic rings. The van der Waals surface area contributed by atoms with Gasteiger partial charge in [-0.15, -0.1) is 0 Å². The molecular formula is C50H61FN6O11S. The molecule has 1 unspecified atom stereocenters. The SMILES string of the molecule is CC1Sc2c(C(=O)OCCCCCCCCCCC(=O)Oc3ccc(N(C)C)c4c3C(=O)C3=C(O)[C@@]5(O)C(=O)C(C(N)=O)=C(O)[C@H](N(C)C)[C@H]5C[C@H]3C4)c(=O)c3cc(F)c(N4CCNCC4)cc3n21. The lowest BCUT2D eigenvalue weighted by atomic mass is 9.58. The zero-order chi connectivity index (χ0) is 49.6. The van der Waals surface area contributed by atoms with Gasteiger partial charge in [-0.2, -0.15) is 0 Å². The van der Waals surface area contributed by atoms with Crippen molar-refractivity contribution in [2.75, 3.05) is 70.8 Å². The number of primary amides is 1. The van der Waals surface area contributed by atoms with E-state index in [-0.39, 0.29) is 59.1 Å². The van der Waals surface area contributed by atoms with Crippen LogP contribution in [0.5, 0.6) is 5.75 Å². The Morgan fingerprint density at radius 2 is 1.64 bits per heavy atom. The summed E-state index contributed by atoms with van der Waals surface area (Å²) in [5, 5.41) is 38.7. The number of hydrogen-bond acceptors (Lipinski definition) is 16. The predicted octanol–water partition coefficient (Wildman–Crippen LogP) is 5.24. The van der Waals surface area contributed by atoms with Crippen molar-refractivity contribution in [2.24, 2.45) is 17.6 Å². The molecule has 0 bridgehead atoms. The third-order valence-corrected chi connectivity index (χ3v) is 15.5. The molecule has 0 radical (unpaired) electrons. The van der Waals surface area contributed by atoms with Crippen LogP contribution in [-0.4, -0.2) is 127 Å². The number of ketones is 2. The van der Waals surface area contributed by atoms with Gasteiger partial charge in [-0.1, -0.05) is 50.3 Å². The molecule has 0 saturated carbocycles. The van der Waals surface area contributed by atoms with E-state index < -0.39 is 81.2 Å². The van der Waals surface area contributed by atoms with Gasteiger partial charge in [0, 0.05) is 69.3 Å². The molecule has 8 rings (SSSR count). The minimum absolute atomic E-state index is 0.00188. The average Bonchev–Trinajstić information content (AvgIpc) is 3.29. The molecule has 2 aliphatic heterocycles. The number of esters is 2. The first-order chi connectivity index (χ1) is 32.9. The summed E-state index contributed by atoms with van der Waals surface area (Å²) in [5.74, 6) is -8.37. The summed E-state index contributed by atoms with van der Waals surface area (Å²) in [6, 6.07) is 5.16. The first-order valence-corrected chi connectivity index (χ1v) is 24.7. The highest BCUT2D eigenvalue weighted by molar-refractivity contribution is 8.00. The van der Waals surface area contributed by atoms with Crippen molar-refractivity contribution in [3.8, 4) is 5.75 Å². The van der Waals surface area contributed by atoms with Crippen molar-refractivity contribution < 1.29 is 53.2 Å². The first kappa shape index (κ1) is 49.7. The van der Waals surface area contributed by atoms with E-state index in [1.165, 1.54) is 28.8 Å². The van der Waals surface area contributed by atoms with Crippen molar-refractivity contribution in [1.82, 2.24) is 14.8 Å². The molecule has 17 nitrogen and oxygen atoms in total. The fourth-order valence-corrected chi connectivity index (χ4v) is 12.1. The van der Waals surface area contributed by atoms with Crippen LogP contribution in [0, 0.1) is 17.7 Å². The minimum Gasteiger partial charge on any atom is -0.510 e. The number of hydrogen-bond donors (Lipinski definition) is 5. The number of unbranched alkanes of at least 4 members (excludes halogenated alkanes) is 7. The van der Waals surface area contributed by atoms with Crippen molar-refractivity contribution in [3.05, 3.63) is 79.7 Å². The number of carbonyl (C=O) groups is 5. The third-order valence-electron chi connectivity index (χ3n) is 14.3. The van der Waals surface area contributed by atoms with E-state index in [4.69, 9.17) is 15.2 Å². The number of aliphatic hydroxyl groups is 3.